The molecular formula is C55H29GaN10O13S4-3. The quantitative estimate of drug-likeness (QED) is 0.0738. The molecule has 4 aliphatic heterocycles. The van der Waals surface area contributed by atoms with E-state index in [0.717, 1.165) is 11.0 Å². The SMILES string of the molecule is O.O=S(=O)([O-])c1cccc2cc3c(cc12)C1=Nc2c4cc5cccc(S(=O)(=O)[O-])c5cc4c4[n]2[Ga][n]2c(c5cc6cccc(S(=O)(=O)[O-])c6cc5c2=NC3=N1)=NC1=NC(=N4)c2cc3cccc(SOO[O-])c3cc21.c1ccc2[nH+]c[nH]c2c1. The number of H-pyrrole nitrogens is 2. The number of rotatable bonds is 6. The van der Waals surface area contributed by atoms with Crippen LogP contribution in [0.25, 0.3) is 75.7 Å². The number of hydrogen-bond acceptors (Lipinski definition) is 19. The van der Waals surface area contributed by atoms with Crippen LogP contribution < -0.4 is 21.2 Å². The predicted octanol–water partition coefficient (Wildman–Crippen LogP) is 5.18. The molecule has 0 fully saturated rings. The molecule has 16 rings (SSSR count). The zero-order valence-corrected chi connectivity index (χ0v) is 47.3. The molecule has 1 radical (unpaired) electrons. The summed E-state index contributed by atoms with van der Waals surface area (Å²) in [5.74, 6) is 1.07. The van der Waals surface area contributed by atoms with E-state index >= 15 is 0 Å². The molecule has 0 saturated carbocycles. The van der Waals surface area contributed by atoms with Crippen LogP contribution >= 0.6 is 12.0 Å². The molecule has 7 heterocycles. The molecule has 0 aliphatic carbocycles. The average molecular weight is 1240 g/mol. The summed E-state index contributed by atoms with van der Waals surface area (Å²) in [5, 5.41) is 19.1. The summed E-state index contributed by atoms with van der Waals surface area (Å²) in [5.41, 5.74) is 4.58. The van der Waals surface area contributed by atoms with E-state index in [9.17, 15) is 44.2 Å². The number of hydrogen-bond donors (Lipinski definition) is 1. The monoisotopic (exact) mass is 1230 g/mol. The number of nitrogens with zero attached hydrogens (tertiary/aromatic N) is 8. The third-order valence-electron chi connectivity index (χ3n) is 14.6. The molecule has 0 unspecified atom stereocenters. The number of benzene rings is 9. The van der Waals surface area contributed by atoms with Crippen molar-refractivity contribution in [2.45, 2.75) is 19.6 Å². The fourth-order valence-corrected chi connectivity index (χ4v) is 16.7. The number of amidine groups is 4. The van der Waals surface area contributed by atoms with E-state index < -0.39 is 62.9 Å². The standard InChI is InChI=1S/C48H24N8O12S4.C7H6N2.Ga.H2O/c57-67-68-69-37-9-1-5-21-13-29-33(17-25(21)37)45-49-41(29)51-46-35-19-27-23(7-3-11-39(27)71(61,62)63)15-31(35)43(53-46)55-48-36-20-28-24(8-4-12-40(28)72(64,65)66)16-32(36)44(56-48)54-47-34-18-26-22(14-30(34)42(50-45)52-47)6-2-10-38(26)70(58,59)60;1-2-4-7-6(3-1)8-5-9-7;;/h1-20H,(H4-2,49,50,51,52,53,54,55,56,57,58,59,60,61,62,63,64,65,66);1-5H,(H,8,9);;1H2/q-2;;+2;/p-3. The summed E-state index contributed by atoms with van der Waals surface area (Å²) in [6, 6.07) is 39.8. The maximum atomic E-state index is 12.8. The van der Waals surface area contributed by atoms with Gasteiger partial charge in [-0.1, -0.05) is 12.1 Å². The fraction of sp³-hybridized carbons (Fsp3) is 0. The molecule has 28 heteroatoms. The van der Waals surface area contributed by atoms with Crippen molar-refractivity contribution in [2.75, 3.05) is 0 Å². The summed E-state index contributed by atoms with van der Waals surface area (Å²) in [6.45, 7) is 0. The number of aromatic nitrogens is 4. The molecule has 12 aromatic rings. The average Bonchev–Trinajstić information content (AvgIpc) is 4.46. The van der Waals surface area contributed by atoms with E-state index in [-0.39, 0.29) is 62.1 Å². The molecule has 4 aliphatic rings. The molecule has 23 nitrogen and oxygen atoms in total. The van der Waals surface area contributed by atoms with E-state index in [1.165, 1.54) is 42.5 Å². The van der Waals surface area contributed by atoms with Crippen LogP contribution in [0.3, 0.4) is 0 Å². The topological polar surface area (TPSA) is 359 Å². The fourth-order valence-electron chi connectivity index (χ4n) is 11.1. The van der Waals surface area contributed by atoms with Crippen LogP contribution in [0.4, 0.5) is 11.6 Å². The minimum Gasteiger partial charge on any atom is -0.244 e. The maximum absolute atomic E-state index is 12.8. The normalized spacial score (nSPS) is 14.2. The van der Waals surface area contributed by atoms with E-state index in [1.807, 2.05) is 55.3 Å². The van der Waals surface area contributed by atoms with Gasteiger partial charge in [-0.05, 0) is 12.1 Å². The van der Waals surface area contributed by atoms with Crippen molar-refractivity contribution < 1.29 is 64.0 Å². The first kappa shape index (κ1) is 52.5. The summed E-state index contributed by atoms with van der Waals surface area (Å²) in [4.78, 5) is 36.4. The van der Waals surface area contributed by atoms with Crippen LogP contribution in [0.2, 0.25) is 0 Å². The Morgan fingerprint density at radius 2 is 0.916 bits per heavy atom. The zero-order valence-electron chi connectivity index (χ0n) is 41.6. The van der Waals surface area contributed by atoms with Crippen molar-refractivity contribution in [3.8, 4) is 0 Å². The van der Waals surface area contributed by atoms with E-state index in [1.54, 1.807) is 60.7 Å². The predicted molar refractivity (Wildman–Crippen MR) is 301 cm³/mol. The van der Waals surface area contributed by atoms with Crippen LogP contribution in [-0.4, -0.2) is 97.2 Å². The van der Waals surface area contributed by atoms with E-state index in [2.05, 4.69) is 15.0 Å². The molecular weight excluding hydrogens is 1210 g/mol. The summed E-state index contributed by atoms with van der Waals surface area (Å²) in [6.07, 6.45) is 1.82. The third kappa shape index (κ3) is 8.45. The van der Waals surface area contributed by atoms with Crippen molar-refractivity contribution >= 4 is 171 Å². The van der Waals surface area contributed by atoms with Gasteiger partial charge in [-0.15, -0.1) is 0 Å². The van der Waals surface area contributed by atoms with Gasteiger partial charge in [0, 0.05) is 0 Å². The Kier molecular flexibility index (Phi) is 12.0. The van der Waals surface area contributed by atoms with Crippen molar-refractivity contribution in [3.63, 3.8) is 0 Å². The van der Waals surface area contributed by atoms with Crippen molar-refractivity contribution in [2.24, 2.45) is 30.0 Å². The maximum Gasteiger partial charge on any atom is 0.240 e. The number of imidazole rings is 1. The van der Waals surface area contributed by atoms with Gasteiger partial charge in [-0.2, -0.15) is 0 Å². The molecule has 0 amide bonds. The Morgan fingerprint density at radius 3 is 1.47 bits per heavy atom. The van der Waals surface area contributed by atoms with Crippen LogP contribution in [0.1, 0.15) is 22.3 Å². The van der Waals surface area contributed by atoms with Crippen molar-refractivity contribution in [1.29, 1.82) is 0 Å². The molecule has 9 aromatic carbocycles. The van der Waals surface area contributed by atoms with Crippen LogP contribution in [-0.2, 0) is 39.7 Å². The Balaban J connectivity index is 0.000000559. The Hall–Kier alpha value is -8.59. The van der Waals surface area contributed by atoms with Crippen LogP contribution in [0.15, 0.2) is 201 Å². The molecule has 4 N–H and O–H groups in total. The molecule has 0 saturated heterocycles. The van der Waals surface area contributed by atoms with Crippen LogP contribution in [0.5, 0.6) is 0 Å². The van der Waals surface area contributed by atoms with Gasteiger partial charge in [-0.3, -0.25) is 0 Å². The van der Waals surface area contributed by atoms with Gasteiger partial charge < -0.3 is 5.48 Å². The van der Waals surface area contributed by atoms with Crippen LogP contribution in [0, 0.1) is 0 Å². The second kappa shape index (κ2) is 19.0. The molecule has 6 bridgehead atoms. The Bertz CT molecular complexity index is 5580. The second-order valence-corrected chi connectivity index (χ2v) is 26.6. The van der Waals surface area contributed by atoms with Gasteiger partial charge in [-0.25, -0.2) is 9.97 Å². The van der Waals surface area contributed by atoms with Gasteiger partial charge in [0.2, 0.25) is 6.33 Å². The first-order valence-electron chi connectivity index (χ1n) is 24.4. The number of nitrogens with one attached hydrogen (secondary N) is 2. The minimum absolute atomic E-state index is 0. The van der Waals surface area contributed by atoms with E-state index in [4.69, 9.17) is 34.3 Å². The summed E-state index contributed by atoms with van der Waals surface area (Å²) in [7, 11) is -15.0. The molecule has 0 spiro atoms. The largest absolute Gasteiger partial charge is 0.244 e. The van der Waals surface area contributed by atoms with Gasteiger partial charge in [0.05, 0.1) is 0 Å². The Morgan fingerprint density at radius 1 is 0.470 bits per heavy atom. The molecule has 407 valence electrons. The third-order valence-corrected chi connectivity index (χ3v) is 21.0. The van der Waals surface area contributed by atoms with Gasteiger partial charge in [0.15, 0.2) is 11.0 Å². The van der Waals surface area contributed by atoms with Gasteiger partial charge in [0.25, 0.3) is 0 Å². The minimum atomic E-state index is -5.02. The number of para-hydroxylation sites is 2. The number of aliphatic imine (C=N–C) groups is 4. The van der Waals surface area contributed by atoms with E-state index in [0.29, 0.717) is 93.2 Å². The smallest absolute Gasteiger partial charge is 0.240 e. The molecule has 83 heavy (non-hydrogen) atoms. The summed E-state index contributed by atoms with van der Waals surface area (Å²) >= 11 is -1.74. The zero-order chi connectivity index (χ0) is 56.1. The number of aromatic amines is 2. The molecule has 3 aromatic heterocycles. The molecule has 0 atom stereocenters. The van der Waals surface area contributed by atoms with Gasteiger partial charge in [0.1, 0.15) is 0 Å². The summed E-state index contributed by atoms with van der Waals surface area (Å²) < 4.78 is 124. The van der Waals surface area contributed by atoms with Gasteiger partial charge >= 0.3 is 424 Å². The number of fused-ring (bicyclic) bond motifs is 19. The first-order valence-corrected chi connectivity index (χ1v) is 31.5. The first-order chi connectivity index (χ1) is 39.5. The van der Waals surface area contributed by atoms with Crippen molar-refractivity contribution in [1.82, 2.24) is 11.5 Å². The second-order valence-electron chi connectivity index (χ2n) is 19.2. The van der Waals surface area contributed by atoms with Crippen molar-refractivity contribution in [3.05, 3.63) is 185 Å². The Labute approximate surface area is 478 Å².